The maximum Gasteiger partial charge on any atom is 0.232 e. The molecule has 2 aromatic carbocycles. The number of nitrogens with zero attached hydrogens (tertiary/aromatic N) is 4. The molecule has 0 N–H and O–H groups in total. The fourth-order valence-electron chi connectivity index (χ4n) is 3.09. The third-order valence-corrected chi connectivity index (χ3v) is 5.63. The van der Waals surface area contributed by atoms with Gasteiger partial charge in [0.15, 0.2) is 10.9 Å². The summed E-state index contributed by atoms with van der Waals surface area (Å²) in [5.41, 5.74) is 2.59. The largest absolute Gasteiger partial charge is 0.378 e. The molecule has 8 heteroatoms. The van der Waals surface area contributed by atoms with Gasteiger partial charge >= 0.3 is 0 Å². The van der Waals surface area contributed by atoms with Crippen LogP contribution in [0.2, 0.25) is 0 Å². The van der Waals surface area contributed by atoms with Crippen molar-refractivity contribution in [2.75, 3.05) is 37.0 Å². The molecule has 4 rings (SSSR count). The van der Waals surface area contributed by atoms with Crippen LogP contribution in [0.5, 0.6) is 0 Å². The van der Waals surface area contributed by atoms with E-state index >= 15 is 0 Å². The average molecular weight is 412 g/mol. The predicted octanol–water partition coefficient (Wildman–Crippen LogP) is 3.53. The number of ether oxygens (including phenoxy) is 1. The molecule has 29 heavy (non-hydrogen) atoms. The third kappa shape index (κ3) is 4.49. The number of aromatic nitrogens is 3. The van der Waals surface area contributed by atoms with E-state index in [0.29, 0.717) is 23.9 Å². The lowest BCUT2D eigenvalue weighted by Crippen LogP contribution is -2.37. The van der Waals surface area contributed by atoms with Gasteiger partial charge in [-0.2, -0.15) is 0 Å². The zero-order valence-corrected chi connectivity index (χ0v) is 16.9. The molecular weight excluding hydrogens is 391 g/mol. The topological polar surface area (TPSA) is 60.2 Å². The first-order valence-electron chi connectivity index (χ1n) is 9.38. The second-order valence-corrected chi connectivity index (χ2v) is 7.71. The van der Waals surface area contributed by atoms with Gasteiger partial charge in [-0.25, -0.2) is 4.39 Å². The molecule has 0 saturated carbocycles. The molecule has 0 amide bonds. The summed E-state index contributed by atoms with van der Waals surface area (Å²) in [6.45, 7) is 4.81. The van der Waals surface area contributed by atoms with Gasteiger partial charge in [-0.05, 0) is 43.3 Å². The van der Waals surface area contributed by atoms with Gasteiger partial charge in [0.25, 0.3) is 0 Å². The van der Waals surface area contributed by atoms with Gasteiger partial charge in [0.1, 0.15) is 5.82 Å². The highest BCUT2D eigenvalue weighted by atomic mass is 32.2. The first kappa shape index (κ1) is 19.6. The summed E-state index contributed by atoms with van der Waals surface area (Å²) < 4.78 is 20.5. The van der Waals surface area contributed by atoms with E-state index in [4.69, 9.17) is 4.74 Å². The Kier molecular flexibility index (Phi) is 5.92. The van der Waals surface area contributed by atoms with E-state index in [9.17, 15) is 9.18 Å². The summed E-state index contributed by atoms with van der Waals surface area (Å²) in [5.74, 6) is 0.498. The molecular formula is C21H21FN4O2S. The molecule has 1 aliphatic heterocycles. The van der Waals surface area contributed by atoms with Crippen LogP contribution in [0.15, 0.2) is 53.7 Å². The van der Waals surface area contributed by atoms with Crippen molar-refractivity contribution < 1.29 is 13.9 Å². The molecule has 0 atom stereocenters. The van der Waals surface area contributed by atoms with E-state index in [1.807, 2.05) is 35.8 Å². The molecule has 3 aromatic rings. The lowest BCUT2D eigenvalue weighted by Gasteiger charge is -2.27. The van der Waals surface area contributed by atoms with E-state index in [0.717, 1.165) is 30.3 Å². The minimum Gasteiger partial charge on any atom is -0.378 e. The zero-order valence-electron chi connectivity index (χ0n) is 16.0. The summed E-state index contributed by atoms with van der Waals surface area (Å²) in [5, 5.41) is 9.40. The van der Waals surface area contributed by atoms with E-state index in [1.54, 1.807) is 0 Å². The van der Waals surface area contributed by atoms with Gasteiger partial charge < -0.3 is 9.64 Å². The molecule has 1 saturated heterocycles. The fraction of sp³-hybridized carbons (Fsp3) is 0.286. The van der Waals surface area contributed by atoms with E-state index in [-0.39, 0.29) is 17.4 Å². The van der Waals surface area contributed by atoms with E-state index in [1.165, 1.54) is 36.0 Å². The third-order valence-electron chi connectivity index (χ3n) is 4.70. The van der Waals surface area contributed by atoms with Crippen molar-refractivity contribution >= 4 is 23.5 Å². The summed E-state index contributed by atoms with van der Waals surface area (Å²) in [6.07, 6.45) is 0. The summed E-state index contributed by atoms with van der Waals surface area (Å²) in [7, 11) is 0. The molecule has 0 bridgehead atoms. The molecule has 0 aliphatic carbocycles. The highest BCUT2D eigenvalue weighted by Crippen LogP contribution is 2.28. The maximum atomic E-state index is 13.1. The molecule has 0 unspecified atom stereocenters. The van der Waals surface area contributed by atoms with Gasteiger partial charge in [-0.3, -0.25) is 9.36 Å². The summed E-state index contributed by atoms with van der Waals surface area (Å²) >= 11 is 1.33. The van der Waals surface area contributed by atoms with Crippen LogP contribution in [-0.4, -0.2) is 52.6 Å². The number of thioether (sulfide) groups is 1. The Morgan fingerprint density at radius 3 is 2.45 bits per heavy atom. The first-order chi connectivity index (χ1) is 14.1. The number of anilines is 1. The number of aryl methyl sites for hydroxylation is 1. The molecule has 150 valence electrons. The number of rotatable bonds is 6. The van der Waals surface area contributed by atoms with Crippen molar-refractivity contribution in [1.29, 1.82) is 0 Å². The van der Waals surface area contributed by atoms with Crippen LogP contribution in [0.3, 0.4) is 0 Å². The minimum atomic E-state index is -0.358. The fourth-order valence-corrected chi connectivity index (χ4v) is 3.93. The van der Waals surface area contributed by atoms with Crippen LogP contribution < -0.4 is 4.90 Å². The van der Waals surface area contributed by atoms with Crippen LogP contribution in [0.1, 0.15) is 15.9 Å². The Bertz CT molecular complexity index is 983. The van der Waals surface area contributed by atoms with Crippen molar-refractivity contribution in [2.24, 2.45) is 0 Å². The number of halogens is 1. The van der Waals surface area contributed by atoms with Crippen molar-refractivity contribution in [3.63, 3.8) is 0 Å². The Morgan fingerprint density at radius 1 is 1.07 bits per heavy atom. The molecule has 0 radical (unpaired) electrons. The Morgan fingerprint density at radius 2 is 1.76 bits per heavy atom. The van der Waals surface area contributed by atoms with Crippen molar-refractivity contribution in [1.82, 2.24) is 14.8 Å². The smallest absolute Gasteiger partial charge is 0.232 e. The number of carbonyl (C=O) groups excluding carboxylic acids is 1. The quantitative estimate of drug-likeness (QED) is 0.456. The molecule has 0 spiro atoms. The van der Waals surface area contributed by atoms with Crippen LogP contribution in [0, 0.1) is 12.7 Å². The second kappa shape index (κ2) is 8.75. The Balaban J connectivity index is 1.60. The first-order valence-corrected chi connectivity index (χ1v) is 10.4. The molecule has 6 nitrogen and oxygen atoms in total. The normalized spacial score (nSPS) is 14.2. The average Bonchev–Trinajstić information content (AvgIpc) is 3.17. The number of Topliss-reactive ketones (excluding diaryl/α,β-unsaturated/α-hetero) is 1. The monoisotopic (exact) mass is 412 g/mol. The number of benzene rings is 2. The zero-order chi connectivity index (χ0) is 20.2. The van der Waals surface area contributed by atoms with Gasteiger partial charge in [0.05, 0.1) is 24.7 Å². The van der Waals surface area contributed by atoms with Crippen LogP contribution >= 0.6 is 11.8 Å². The highest BCUT2D eigenvalue weighted by molar-refractivity contribution is 7.99. The molecule has 2 heterocycles. The minimum absolute atomic E-state index is 0.0821. The maximum absolute atomic E-state index is 13.1. The molecule has 1 aliphatic rings. The number of ketones is 1. The molecule has 1 fully saturated rings. The van der Waals surface area contributed by atoms with Gasteiger partial charge in [-0.1, -0.05) is 29.5 Å². The number of hydrogen-bond donors (Lipinski definition) is 0. The lowest BCUT2D eigenvalue weighted by molar-refractivity contribution is 0.102. The van der Waals surface area contributed by atoms with E-state index in [2.05, 4.69) is 15.1 Å². The molecule has 1 aromatic heterocycles. The summed E-state index contributed by atoms with van der Waals surface area (Å²) in [4.78, 5) is 14.6. The van der Waals surface area contributed by atoms with Crippen molar-refractivity contribution in [3.05, 3.63) is 65.5 Å². The van der Waals surface area contributed by atoms with Gasteiger partial charge in [0.2, 0.25) is 5.95 Å². The number of morpholine rings is 1. The van der Waals surface area contributed by atoms with E-state index < -0.39 is 0 Å². The van der Waals surface area contributed by atoms with Gasteiger partial charge in [-0.15, -0.1) is 10.2 Å². The van der Waals surface area contributed by atoms with Gasteiger partial charge in [0, 0.05) is 18.7 Å². The highest BCUT2D eigenvalue weighted by Gasteiger charge is 2.22. The van der Waals surface area contributed by atoms with Crippen LogP contribution in [-0.2, 0) is 4.74 Å². The number of hydrogen-bond acceptors (Lipinski definition) is 6. The Labute approximate surface area is 172 Å². The summed E-state index contributed by atoms with van der Waals surface area (Å²) in [6, 6.07) is 13.7. The second-order valence-electron chi connectivity index (χ2n) is 6.77. The lowest BCUT2D eigenvalue weighted by atomic mass is 10.1. The van der Waals surface area contributed by atoms with Crippen LogP contribution in [0.25, 0.3) is 5.69 Å². The Hall–Kier alpha value is -2.71. The van der Waals surface area contributed by atoms with Crippen molar-refractivity contribution in [2.45, 2.75) is 12.1 Å². The van der Waals surface area contributed by atoms with Crippen LogP contribution in [0.4, 0.5) is 10.3 Å². The standard InChI is InChI=1S/C21H21FN4O2S/c1-15-2-8-18(9-3-15)26-20(25-10-12-28-13-11-25)23-24-21(26)29-14-19(27)16-4-6-17(22)7-5-16/h2-9H,10-14H2,1H3. The van der Waals surface area contributed by atoms with Crippen molar-refractivity contribution in [3.8, 4) is 5.69 Å². The predicted molar refractivity (Wildman–Crippen MR) is 111 cm³/mol. The SMILES string of the molecule is Cc1ccc(-n2c(SCC(=O)c3ccc(F)cc3)nnc2N2CCOCC2)cc1. The number of carbonyl (C=O) groups is 1.